The number of nitrogens with zero attached hydrogens (tertiary/aromatic N) is 2. The van der Waals surface area contributed by atoms with Crippen molar-refractivity contribution in [3.63, 3.8) is 0 Å². The van der Waals surface area contributed by atoms with E-state index in [4.69, 9.17) is 0 Å². The highest BCUT2D eigenvalue weighted by Gasteiger charge is 2.37. The van der Waals surface area contributed by atoms with E-state index in [9.17, 15) is 9.90 Å². The third-order valence-corrected chi connectivity index (χ3v) is 11.6. The lowest BCUT2D eigenvalue weighted by atomic mass is 9.80. The van der Waals surface area contributed by atoms with E-state index in [1.807, 2.05) is 24.3 Å². The molecule has 0 saturated carbocycles. The van der Waals surface area contributed by atoms with Crippen LogP contribution in [0, 0.1) is 53.4 Å². The lowest BCUT2D eigenvalue weighted by Crippen LogP contribution is -2.27. The Bertz CT molecular complexity index is 1940. The van der Waals surface area contributed by atoms with Crippen LogP contribution in [0.25, 0.3) is 5.57 Å². The second-order valence-corrected chi connectivity index (χ2v) is 16.1. The van der Waals surface area contributed by atoms with Crippen molar-refractivity contribution in [2.75, 3.05) is 18.0 Å². The largest absolute Gasteiger partial charge is 0.506 e. The van der Waals surface area contributed by atoms with Crippen LogP contribution in [-0.2, 0) is 4.79 Å². The fourth-order valence-corrected chi connectivity index (χ4v) is 8.75. The van der Waals surface area contributed by atoms with Crippen molar-refractivity contribution in [1.29, 1.82) is 0 Å². The van der Waals surface area contributed by atoms with Crippen LogP contribution >= 0.6 is 0 Å². The number of allylic oxidation sites excluding steroid dienone is 7. The summed E-state index contributed by atoms with van der Waals surface area (Å²) in [4.78, 5) is 16.3. The molecule has 0 spiro atoms. The van der Waals surface area contributed by atoms with Gasteiger partial charge in [-0.05, 0) is 125 Å². The minimum Gasteiger partial charge on any atom is -0.506 e. The van der Waals surface area contributed by atoms with Crippen molar-refractivity contribution < 1.29 is 14.5 Å². The number of unbranched alkanes of at least 4 members (excludes halogenated alkanes) is 2. The summed E-state index contributed by atoms with van der Waals surface area (Å²) in [6, 6.07) is 17.3. The first-order valence-electron chi connectivity index (χ1n) is 20.7. The fraction of sp³-hybridized carbons (Fsp3) is 0.440. The van der Waals surface area contributed by atoms with Gasteiger partial charge in [0.25, 0.3) is 0 Å². The molecule has 0 heterocycles. The second-order valence-electron chi connectivity index (χ2n) is 16.1. The third kappa shape index (κ3) is 8.91. The van der Waals surface area contributed by atoms with Crippen molar-refractivity contribution in [2.45, 2.75) is 121 Å². The summed E-state index contributed by atoms with van der Waals surface area (Å²) in [6.45, 7) is 24.2. The SMILES string of the molecule is CCCCC(CC)CN(c1ccc(C2=C(O)C(=C3C=CC(=[N+](CC(CC)CCCC)c4c(C)cc(C)cc4C)C=C3)C2=O)cc1)c1c(C)cc(C)cc1C. The van der Waals surface area contributed by atoms with Crippen LogP contribution in [0.3, 0.4) is 0 Å². The van der Waals surface area contributed by atoms with Crippen LogP contribution in [0.5, 0.6) is 0 Å². The minimum atomic E-state index is -0.103. The van der Waals surface area contributed by atoms with E-state index in [0.717, 1.165) is 48.5 Å². The van der Waals surface area contributed by atoms with E-state index in [1.54, 1.807) is 0 Å². The first-order chi connectivity index (χ1) is 25.9. The summed E-state index contributed by atoms with van der Waals surface area (Å²) in [7, 11) is 0. The Balaban J connectivity index is 1.47. The van der Waals surface area contributed by atoms with Gasteiger partial charge in [-0.1, -0.05) is 95.2 Å². The van der Waals surface area contributed by atoms with Crippen molar-refractivity contribution in [3.05, 3.63) is 129 Å². The lowest BCUT2D eigenvalue weighted by Gasteiger charge is -2.32. The number of hydrogen-bond acceptors (Lipinski definition) is 3. The topological polar surface area (TPSA) is 43.5 Å². The standard InChI is InChI=1S/C50H64N2O2/c1-11-15-17-39(13-3)31-51(47-35(7)27-33(5)28-36(47)8)43-23-19-41(20-24-43)45-49(53)46(50(45)54)42-21-25-44(26-22-42)52(32-40(14-4)18-16-12-2)48-37(9)29-34(6)30-38(48)10/h19-30,39-40H,11-18,31-32H2,1-10H3/p+1. The van der Waals surface area contributed by atoms with Crippen LogP contribution in [0.1, 0.15) is 118 Å². The molecule has 0 aromatic heterocycles. The molecule has 0 aliphatic heterocycles. The summed E-state index contributed by atoms with van der Waals surface area (Å²) in [5, 5.41) is 11.4. The normalized spacial score (nSPS) is 15.2. The third-order valence-electron chi connectivity index (χ3n) is 11.6. The van der Waals surface area contributed by atoms with E-state index in [0.29, 0.717) is 23.0 Å². The Morgan fingerprint density at radius 3 is 1.69 bits per heavy atom. The van der Waals surface area contributed by atoms with Crippen molar-refractivity contribution >= 4 is 34.1 Å². The fourth-order valence-electron chi connectivity index (χ4n) is 8.75. The number of rotatable bonds is 16. The zero-order valence-electron chi connectivity index (χ0n) is 34.9. The van der Waals surface area contributed by atoms with E-state index in [1.165, 1.54) is 83.3 Å². The highest BCUT2D eigenvalue weighted by molar-refractivity contribution is 6.39. The number of aryl methyl sites for hydroxylation is 6. The summed E-state index contributed by atoms with van der Waals surface area (Å²) in [6.07, 6.45) is 17.8. The van der Waals surface area contributed by atoms with Gasteiger partial charge < -0.3 is 10.0 Å². The molecule has 3 aromatic rings. The first-order valence-corrected chi connectivity index (χ1v) is 20.7. The van der Waals surface area contributed by atoms with Crippen LogP contribution in [0.15, 0.2) is 89.7 Å². The van der Waals surface area contributed by atoms with Gasteiger partial charge in [-0.25, -0.2) is 0 Å². The van der Waals surface area contributed by atoms with Crippen LogP contribution in [0.2, 0.25) is 0 Å². The van der Waals surface area contributed by atoms with E-state index in [-0.39, 0.29) is 11.5 Å². The number of carbonyl (C=O) groups excluding carboxylic acids is 1. The van der Waals surface area contributed by atoms with Crippen molar-refractivity contribution in [2.24, 2.45) is 11.8 Å². The molecule has 2 aliphatic rings. The smallest absolute Gasteiger partial charge is 0.211 e. The second kappa shape index (κ2) is 18.3. The molecule has 4 heteroatoms. The van der Waals surface area contributed by atoms with Gasteiger partial charge in [-0.2, -0.15) is 4.58 Å². The van der Waals surface area contributed by atoms with Gasteiger partial charge in [0.2, 0.25) is 17.2 Å². The summed E-state index contributed by atoms with van der Waals surface area (Å²) in [5.74, 6) is 1.15. The molecule has 3 aromatic carbocycles. The van der Waals surface area contributed by atoms with Gasteiger partial charge in [0.15, 0.2) is 6.54 Å². The molecular formula is C50H65N2O2+. The first kappa shape index (κ1) is 40.7. The molecule has 0 radical (unpaired) electrons. The molecule has 0 amide bonds. The molecule has 0 fully saturated rings. The Morgan fingerprint density at radius 1 is 0.667 bits per heavy atom. The number of aliphatic hydroxyl groups excluding tert-OH is 1. The number of ketones is 1. The summed E-state index contributed by atoms with van der Waals surface area (Å²) >= 11 is 0. The zero-order chi connectivity index (χ0) is 39.1. The Kier molecular flexibility index (Phi) is 13.8. The van der Waals surface area contributed by atoms with Crippen LogP contribution in [0.4, 0.5) is 17.1 Å². The van der Waals surface area contributed by atoms with E-state index in [2.05, 4.69) is 127 Å². The Morgan fingerprint density at radius 2 is 1.19 bits per heavy atom. The molecule has 4 nitrogen and oxygen atoms in total. The molecule has 54 heavy (non-hydrogen) atoms. The van der Waals surface area contributed by atoms with Gasteiger partial charge in [0.05, 0.1) is 11.1 Å². The highest BCUT2D eigenvalue weighted by Crippen LogP contribution is 2.41. The van der Waals surface area contributed by atoms with Gasteiger partial charge in [-0.3, -0.25) is 4.79 Å². The Hall–Kier alpha value is -4.44. The summed E-state index contributed by atoms with van der Waals surface area (Å²) in [5.41, 5.74) is 14.7. The highest BCUT2D eigenvalue weighted by atomic mass is 16.3. The minimum absolute atomic E-state index is 0.0842. The van der Waals surface area contributed by atoms with E-state index < -0.39 is 0 Å². The molecule has 2 aliphatic carbocycles. The molecule has 2 atom stereocenters. The number of benzene rings is 3. The van der Waals surface area contributed by atoms with Crippen molar-refractivity contribution in [3.8, 4) is 0 Å². The number of aliphatic hydroxyl groups is 1. The number of Topliss-reactive ketones (excluding diaryl/α,β-unsaturated/α-hetero) is 1. The van der Waals surface area contributed by atoms with Crippen LogP contribution < -0.4 is 4.90 Å². The molecule has 286 valence electrons. The molecule has 5 rings (SSSR count). The monoisotopic (exact) mass is 726 g/mol. The molecular weight excluding hydrogens is 661 g/mol. The van der Waals surface area contributed by atoms with Gasteiger partial charge in [-0.15, -0.1) is 0 Å². The van der Waals surface area contributed by atoms with Gasteiger partial charge >= 0.3 is 0 Å². The number of hydrogen-bond donors (Lipinski definition) is 1. The predicted octanol–water partition coefficient (Wildman–Crippen LogP) is 13.2. The Labute approximate surface area is 326 Å². The van der Waals surface area contributed by atoms with Gasteiger partial charge in [0, 0.05) is 47.1 Å². The average Bonchev–Trinajstić information content (AvgIpc) is 3.13. The van der Waals surface area contributed by atoms with E-state index >= 15 is 0 Å². The number of anilines is 2. The maximum absolute atomic E-state index is 13.8. The molecule has 1 N–H and O–H groups in total. The molecule has 0 bridgehead atoms. The maximum Gasteiger partial charge on any atom is 0.211 e. The summed E-state index contributed by atoms with van der Waals surface area (Å²) < 4.78 is 2.48. The molecule has 2 unspecified atom stereocenters. The van der Waals surface area contributed by atoms with Crippen molar-refractivity contribution in [1.82, 2.24) is 0 Å². The average molecular weight is 726 g/mol. The zero-order valence-corrected chi connectivity index (χ0v) is 34.9. The maximum atomic E-state index is 13.8. The molecule has 0 saturated heterocycles. The van der Waals surface area contributed by atoms with Crippen LogP contribution in [-0.4, -0.2) is 34.3 Å². The predicted molar refractivity (Wildman–Crippen MR) is 231 cm³/mol. The number of carbonyl (C=O) groups is 1. The van der Waals surface area contributed by atoms with Gasteiger partial charge in [0.1, 0.15) is 5.76 Å². The lowest BCUT2D eigenvalue weighted by molar-refractivity contribution is -0.449. The quantitative estimate of drug-likeness (QED) is 0.118.